The number of halogens is 2. The fourth-order valence-electron chi connectivity index (χ4n) is 2.77. The predicted molar refractivity (Wildman–Crippen MR) is 83.5 cm³/mol. The Kier molecular flexibility index (Phi) is 5.58. The minimum atomic E-state index is -0.292. The van der Waals surface area contributed by atoms with Crippen molar-refractivity contribution in [1.82, 2.24) is 0 Å². The first-order valence-electron chi connectivity index (χ1n) is 7.43. The van der Waals surface area contributed by atoms with Gasteiger partial charge in [0.2, 0.25) is 5.91 Å². The number of nitrogens with one attached hydrogen (secondary N) is 1. The fraction of sp³-hybridized carbons (Fsp3) is 0.562. The molecule has 1 heterocycles. The molecule has 2 nitrogen and oxygen atoms in total. The van der Waals surface area contributed by atoms with Crippen molar-refractivity contribution in [3.05, 3.63) is 28.0 Å². The molecule has 0 saturated heterocycles. The van der Waals surface area contributed by atoms with Crippen LogP contribution < -0.4 is 5.32 Å². The normalized spacial score (nSPS) is 17.1. The maximum Gasteiger partial charge on any atom is 0.232 e. The molecular formula is C16H21BrFNO. The van der Waals surface area contributed by atoms with Gasteiger partial charge in [-0.3, -0.25) is 4.79 Å². The van der Waals surface area contributed by atoms with E-state index in [1.165, 1.54) is 37.8 Å². The summed E-state index contributed by atoms with van der Waals surface area (Å²) in [5.74, 6) is -0.483. The third-order valence-electron chi connectivity index (χ3n) is 3.87. The zero-order chi connectivity index (χ0) is 14.5. The number of hydrogen-bond donors (Lipinski definition) is 1. The molecule has 0 spiro atoms. The Morgan fingerprint density at radius 3 is 2.65 bits per heavy atom. The standard InChI is InChI=1S/C16H21BrFNO/c1-2-3-4-5-6-7-8-12-13-9-11(18)10-14(17)15(13)19-16(12)20/h9-10,12H,2-8H2,1H3,(H,19,20). The van der Waals surface area contributed by atoms with E-state index in [0.717, 1.165) is 30.5 Å². The zero-order valence-electron chi connectivity index (χ0n) is 11.8. The Balaban J connectivity index is 1.92. The molecule has 1 unspecified atom stereocenters. The van der Waals surface area contributed by atoms with Crippen LogP contribution >= 0.6 is 15.9 Å². The number of carbonyl (C=O) groups is 1. The molecule has 0 fully saturated rings. The fourth-order valence-corrected chi connectivity index (χ4v) is 3.31. The van der Waals surface area contributed by atoms with E-state index in [4.69, 9.17) is 0 Å². The number of rotatable bonds is 7. The Labute approximate surface area is 128 Å². The van der Waals surface area contributed by atoms with Crippen molar-refractivity contribution >= 4 is 27.5 Å². The van der Waals surface area contributed by atoms with Crippen LogP contribution in [-0.4, -0.2) is 5.91 Å². The third-order valence-corrected chi connectivity index (χ3v) is 4.50. The first kappa shape index (κ1) is 15.5. The lowest BCUT2D eigenvalue weighted by atomic mass is 9.94. The monoisotopic (exact) mass is 341 g/mol. The van der Waals surface area contributed by atoms with E-state index in [0.29, 0.717) is 4.47 Å². The Bertz CT molecular complexity index is 490. The molecule has 0 bridgehead atoms. The number of hydrogen-bond acceptors (Lipinski definition) is 1. The average molecular weight is 342 g/mol. The van der Waals surface area contributed by atoms with Crippen LogP contribution in [-0.2, 0) is 4.79 Å². The second-order valence-electron chi connectivity index (χ2n) is 5.45. The van der Waals surface area contributed by atoms with Gasteiger partial charge in [-0.2, -0.15) is 0 Å². The molecule has 0 aromatic heterocycles. The number of benzene rings is 1. The van der Waals surface area contributed by atoms with Crippen molar-refractivity contribution in [2.45, 2.75) is 57.8 Å². The molecule has 1 amide bonds. The van der Waals surface area contributed by atoms with E-state index in [-0.39, 0.29) is 17.6 Å². The summed E-state index contributed by atoms with van der Waals surface area (Å²) >= 11 is 3.31. The van der Waals surface area contributed by atoms with E-state index in [1.807, 2.05) is 0 Å². The minimum Gasteiger partial charge on any atom is -0.324 e. The number of unbranched alkanes of at least 4 members (excludes halogenated alkanes) is 5. The Morgan fingerprint density at radius 2 is 1.90 bits per heavy atom. The van der Waals surface area contributed by atoms with Crippen LogP contribution in [0.3, 0.4) is 0 Å². The highest BCUT2D eigenvalue weighted by Gasteiger charge is 2.31. The van der Waals surface area contributed by atoms with Crippen LogP contribution in [0.4, 0.5) is 10.1 Å². The zero-order valence-corrected chi connectivity index (χ0v) is 13.4. The highest BCUT2D eigenvalue weighted by Crippen LogP contribution is 2.40. The first-order chi connectivity index (χ1) is 9.63. The van der Waals surface area contributed by atoms with Crippen LogP contribution in [0.1, 0.15) is 63.4 Å². The number of carbonyl (C=O) groups excluding carboxylic acids is 1. The largest absolute Gasteiger partial charge is 0.324 e. The summed E-state index contributed by atoms with van der Waals surface area (Å²) in [5, 5.41) is 2.85. The van der Waals surface area contributed by atoms with Gasteiger partial charge in [-0.1, -0.05) is 45.4 Å². The van der Waals surface area contributed by atoms with Gasteiger partial charge in [-0.15, -0.1) is 0 Å². The highest BCUT2D eigenvalue weighted by molar-refractivity contribution is 9.10. The number of amides is 1. The molecule has 110 valence electrons. The number of fused-ring (bicyclic) bond motifs is 1. The van der Waals surface area contributed by atoms with Crippen LogP contribution in [0, 0.1) is 5.82 Å². The lowest BCUT2D eigenvalue weighted by Gasteiger charge is -2.09. The van der Waals surface area contributed by atoms with Crippen molar-refractivity contribution in [2.24, 2.45) is 0 Å². The second kappa shape index (κ2) is 7.21. The lowest BCUT2D eigenvalue weighted by Crippen LogP contribution is -2.11. The van der Waals surface area contributed by atoms with Crippen molar-refractivity contribution in [2.75, 3.05) is 5.32 Å². The van der Waals surface area contributed by atoms with Gasteiger partial charge >= 0.3 is 0 Å². The second-order valence-corrected chi connectivity index (χ2v) is 6.30. The van der Waals surface area contributed by atoms with Gasteiger partial charge in [0, 0.05) is 4.47 Å². The van der Waals surface area contributed by atoms with Crippen LogP contribution in [0.15, 0.2) is 16.6 Å². The van der Waals surface area contributed by atoms with Crippen LogP contribution in [0.2, 0.25) is 0 Å². The molecular weight excluding hydrogens is 321 g/mol. The average Bonchev–Trinajstić information content (AvgIpc) is 2.71. The van der Waals surface area contributed by atoms with Crippen molar-refractivity contribution in [1.29, 1.82) is 0 Å². The van der Waals surface area contributed by atoms with Crippen LogP contribution in [0.25, 0.3) is 0 Å². The Morgan fingerprint density at radius 1 is 1.20 bits per heavy atom. The van der Waals surface area contributed by atoms with Gasteiger partial charge in [0.15, 0.2) is 0 Å². The van der Waals surface area contributed by atoms with Gasteiger partial charge in [0.25, 0.3) is 0 Å². The van der Waals surface area contributed by atoms with Crippen molar-refractivity contribution in [3.63, 3.8) is 0 Å². The Hall–Kier alpha value is -0.900. The topological polar surface area (TPSA) is 29.1 Å². The summed E-state index contributed by atoms with van der Waals surface area (Å²) in [6, 6.07) is 2.88. The first-order valence-corrected chi connectivity index (χ1v) is 8.22. The van der Waals surface area contributed by atoms with Gasteiger partial charge < -0.3 is 5.32 Å². The maximum absolute atomic E-state index is 13.5. The van der Waals surface area contributed by atoms with E-state index >= 15 is 0 Å². The molecule has 2 rings (SSSR count). The van der Waals surface area contributed by atoms with Gasteiger partial charge in [0.1, 0.15) is 5.82 Å². The molecule has 1 atom stereocenters. The lowest BCUT2D eigenvalue weighted by molar-refractivity contribution is -0.117. The van der Waals surface area contributed by atoms with Gasteiger partial charge in [-0.25, -0.2) is 4.39 Å². The summed E-state index contributed by atoms with van der Waals surface area (Å²) < 4.78 is 14.1. The quantitative estimate of drug-likeness (QED) is 0.663. The molecule has 1 aromatic carbocycles. The molecule has 1 aromatic rings. The molecule has 0 saturated carbocycles. The highest BCUT2D eigenvalue weighted by atomic mass is 79.9. The smallest absolute Gasteiger partial charge is 0.232 e. The molecule has 1 aliphatic rings. The minimum absolute atomic E-state index is 0.000131. The third kappa shape index (κ3) is 3.60. The molecule has 0 aliphatic carbocycles. The molecule has 1 aliphatic heterocycles. The van der Waals surface area contributed by atoms with E-state index in [2.05, 4.69) is 28.2 Å². The van der Waals surface area contributed by atoms with E-state index in [1.54, 1.807) is 0 Å². The van der Waals surface area contributed by atoms with Crippen molar-refractivity contribution < 1.29 is 9.18 Å². The summed E-state index contributed by atoms with van der Waals surface area (Å²) in [6.45, 7) is 2.20. The van der Waals surface area contributed by atoms with Gasteiger partial charge in [0.05, 0.1) is 11.6 Å². The predicted octanol–water partition coefficient (Wildman–Crippen LogP) is 5.37. The summed E-state index contributed by atoms with van der Waals surface area (Å²) in [7, 11) is 0. The number of anilines is 1. The molecule has 4 heteroatoms. The van der Waals surface area contributed by atoms with Crippen LogP contribution in [0.5, 0.6) is 0 Å². The van der Waals surface area contributed by atoms with E-state index < -0.39 is 0 Å². The summed E-state index contributed by atoms with van der Waals surface area (Å²) in [6.07, 6.45) is 7.99. The molecule has 20 heavy (non-hydrogen) atoms. The van der Waals surface area contributed by atoms with Gasteiger partial charge in [-0.05, 0) is 40.0 Å². The molecule has 0 radical (unpaired) electrons. The SMILES string of the molecule is CCCCCCCCC1C(=O)Nc2c(Br)cc(F)cc21. The van der Waals surface area contributed by atoms with E-state index in [9.17, 15) is 9.18 Å². The summed E-state index contributed by atoms with van der Waals surface area (Å²) in [5.41, 5.74) is 1.54. The molecule has 1 N–H and O–H groups in total. The summed E-state index contributed by atoms with van der Waals surface area (Å²) in [4.78, 5) is 12.0. The maximum atomic E-state index is 13.5. The van der Waals surface area contributed by atoms with Crippen molar-refractivity contribution in [3.8, 4) is 0 Å².